The van der Waals surface area contributed by atoms with Crippen molar-refractivity contribution in [3.8, 4) is 0 Å². The number of ether oxygens (including phenoxy) is 1. The molecule has 2 aromatic rings. The van der Waals surface area contributed by atoms with E-state index >= 15 is 0 Å². The van der Waals surface area contributed by atoms with E-state index in [1.807, 2.05) is 0 Å². The first-order chi connectivity index (χ1) is 10.7. The van der Waals surface area contributed by atoms with Gasteiger partial charge in [0.2, 0.25) is 5.91 Å². The number of pyridine rings is 1. The Hall–Kier alpha value is -1.99. The fourth-order valence-electron chi connectivity index (χ4n) is 2.44. The maximum atomic E-state index is 12.0. The Morgan fingerprint density at radius 2 is 2.41 bits per heavy atom. The summed E-state index contributed by atoms with van der Waals surface area (Å²) in [6, 6.07) is 1.74. The smallest absolute Gasteiger partial charge is 0.224 e. The number of nitrogens with zero attached hydrogens (tertiary/aromatic N) is 3. The molecule has 0 radical (unpaired) electrons. The SMILES string of the molecule is O=C(Cc1ccncc1Cl)NC[C@H]1CC[C@@H](c2ncn[nH]2)O1. The third-order valence-electron chi connectivity index (χ3n) is 3.58. The van der Waals surface area contributed by atoms with E-state index in [9.17, 15) is 4.79 Å². The standard InChI is InChI=1S/C14H16ClN5O2/c15-11-7-16-4-3-9(11)5-13(21)17-6-10-1-2-12(22-10)14-18-8-19-20-14/h3-4,7-8,10,12H,1-2,5-6H2,(H,17,21)(H,18,19,20)/t10-,12+/m1/s1. The Morgan fingerprint density at radius 1 is 1.50 bits per heavy atom. The average molecular weight is 322 g/mol. The minimum atomic E-state index is -0.0835. The summed E-state index contributed by atoms with van der Waals surface area (Å²) in [5.41, 5.74) is 0.765. The van der Waals surface area contributed by atoms with Gasteiger partial charge >= 0.3 is 0 Å². The lowest BCUT2D eigenvalue weighted by atomic mass is 10.1. The topological polar surface area (TPSA) is 92.8 Å². The molecule has 0 saturated carbocycles. The molecule has 0 aromatic carbocycles. The van der Waals surface area contributed by atoms with Crippen LogP contribution in [-0.2, 0) is 16.0 Å². The Kier molecular flexibility index (Phi) is 4.65. The third-order valence-corrected chi connectivity index (χ3v) is 3.92. The predicted octanol–water partition coefficient (Wildman–Crippen LogP) is 1.43. The molecule has 1 aliphatic rings. The second-order valence-corrected chi connectivity index (χ2v) is 5.55. The van der Waals surface area contributed by atoms with E-state index in [-0.39, 0.29) is 24.5 Å². The molecule has 7 nitrogen and oxygen atoms in total. The lowest BCUT2D eigenvalue weighted by Crippen LogP contribution is -2.33. The van der Waals surface area contributed by atoms with E-state index in [1.54, 1.807) is 12.3 Å². The molecule has 2 aromatic heterocycles. The molecular formula is C14H16ClN5O2. The number of H-pyrrole nitrogens is 1. The summed E-state index contributed by atoms with van der Waals surface area (Å²) in [5, 5.41) is 10.0. The number of amides is 1. The van der Waals surface area contributed by atoms with Gasteiger partial charge in [0.1, 0.15) is 12.4 Å². The summed E-state index contributed by atoms with van der Waals surface area (Å²) in [4.78, 5) is 19.9. The lowest BCUT2D eigenvalue weighted by molar-refractivity contribution is -0.121. The molecule has 3 rings (SSSR count). The van der Waals surface area contributed by atoms with Crippen LogP contribution >= 0.6 is 11.6 Å². The van der Waals surface area contributed by atoms with Gasteiger partial charge in [-0.2, -0.15) is 5.10 Å². The second kappa shape index (κ2) is 6.85. The Balaban J connectivity index is 1.45. The largest absolute Gasteiger partial charge is 0.365 e. The monoisotopic (exact) mass is 321 g/mol. The quantitative estimate of drug-likeness (QED) is 0.869. The molecule has 1 fully saturated rings. The van der Waals surface area contributed by atoms with Crippen molar-refractivity contribution in [1.29, 1.82) is 0 Å². The summed E-state index contributed by atoms with van der Waals surface area (Å²) in [5.74, 6) is 0.650. The van der Waals surface area contributed by atoms with Crippen LogP contribution in [0.25, 0.3) is 0 Å². The highest BCUT2D eigenvalue weighted by Crippen LogP contribution is 2.29. The van der Waals surface area contributed by atoms with Crippen molar-refractivity contribution in [2.75, 3.05) is 6.54 Å². The molecule has 3 heterocycles. The molecule has 0 unspecified atom stereocenters. The fraction of sp³-hybridized carbons (Fsp3) is 0.429. The molecular weight excluding hydrogens is 306 g/mol. The molecule has 2 atom stereocenters. The molecule has 116 valence electrons. The highest BCUT2D eigenvalue weighted by atomic mass is 35.5. The Morgan fingerprint density at radius 3 is 3.18 bits per heavy atom. The number of hydrogen-bond acceptors (Lipinski definition) is 5. The minimum absolute atomic E-state index is 0.00744. The van der Waals surface area contributed by atoms with Crippen LogP contribution in [0.1, 0.15) is 30.3 Å². The highest BCUT2D eigenvalue weighted by Gasteiger charge is 2.28. The van der Waals surface area contributed by atoms with Crippen LogP contribution in [0.4, 0.5) is 0 Å². The van der Waals surface area contributed by atoms with Crippen molar-refractivity contribution in [3.05, 3.63) is 41.2 Å². The van der Waals surface area contributed by atoms with Gasteiger partial charge in [-0.15, -0.1) is 0 Å². The minimum Gasteiger partial charge on any atom is -0.365 e. The van der Waals surface area contributed by atoms with Gasteiger partial charge < -0.3 is 10.1 Å². The van der Waals surface area contributed by atoms with Crippen LogP contribution in [0.5, 0.6) is 0 Å². The van der Waals surface area contributed by atoms with E-state index < -0.39 is 0 Å². The van der Waals surface area contributed by atoms with Crippen LogP contribution in [0.15, 0.2) is 24.8 Å². The van der Waals surface area contributed by atoms with Crippen molar-refractivity contribution in [2.24, 2.45) is 0 Å². The second-order valence-electron chi connectivity index (χ2n) is 5.14. The van der Waals surface area contributed by atoms with Crippen molar-refractivity contribution in [2.45, 2.75) is 31.5 Å². The van der Waals surface area contributed by atoms with Crippen molar-refractivity contribution in [3.63, 3.8) is 0 Å². The summed E-state index contributed by atoms with van der Waals surface area (Å²) < 4.78 is 5.85. The van der Waals surface area contributed by atoms with Crippen LogP contribution in [0.2, 0.25) is 5.02 Å². The Bertz CT molecular complexity index is 634. The summed E-state index contributed by atoms with van der Waals surface area (Å²) >= 11 is 5.99. The van der Waals surface area contributed by atoms with Gasteiger partial charge in [-0.25, -0.2) is 4.98 Å². The van der Waals surface area contributed by atoms with Crippen LogP contribution in [0.3, 0.4) is 0 Å². The van der Waals surface area contributed by atoms with Crippen LogP contribution in [-0.4, -0.2) is 38.7 Å². The zero-order valence-electron chi connectivity index (χ0n) is 11.8. The van der Waals surface area contributed by atoms with Crippen molar-refractivity contribution >= 4 is 17.5 Å². The zero-order valence-corrected chi connectivity index (χ0v) is 12.6. The fourth-order valence-corrected chi connectivity index (χ4v) is 2.62. The predicted molar refractivity (Wildman–Crippen MR) is 79.2 cm³/mol. The number of halogens is 1. The highest BCUT2D eigenvalue weighted by molar-refractivity contribution is 6.31. The zero-order chi connectivity index (χ0) is 15.4. The molecule has 8 heteroatoms. The van der Waals surface area contributed by atoms with Gasteiger partial charge in [0.25, 0.3) is 0 Å². The van der Waals surface area contributed by atoms with Crippen LogP contribution < -0.4 is 5.32 Å². The van der Waals surface area contributed by atoms with Gasteiger partial charge in [0, 0.05) is 18.9 Å². The first kappa shape index (κ1) is 14.9. The first-order valence-electron chi connectivity index (χ1n) is 7.08. The Labute approximate surface area is 132 Å². The third kappa shape index (κ3) is 3.61. The molecule has 22 heavy (non-hydrogen) atoms. The number of rotatable bonds is 5. The maximum absolute atomic E-state index is 12.0. The molecule has 0 bridgehead atoms. The first-order valence-corrected chi connectivity index (χ1v) is 7.46. The maximum Gasteiger partial charge on any atom is 0.224 e. The van der Waals surface area contributed by atoms with Gasteiger partial charge in [-0.1, -0.05) is 11.6 Å². The number of hydrogen-bond donors (Lipinski definition) is 2. The number of aromatic nitrogens is 4. The van der Waals surface area contributed by atoms with E-state index in [0.29, 0.717) is 11.6 Å². The number of nitrogens with one attached hydrogen (secondary N) is 2. The molecule has 1 amide bonds. The summed E-state index contributed by atoms with van der Waals surface area (Å²) in [6.07, 6.45) is 6.52. The number of aromatic amines is 1. The molecule has 2 N–H and O–H groups in total. The van der Waals surface area contributed by atoms with E-state index in [2.05, 4.69) is 25.5 Å². The summed E-state index contributed by atoms with van der Waals surface area (Å²) in [6.45, 7) is 0.478. The van der Waals surface area contributed by atoms with E-state index in [1.165, 1.54) is 12.5 Å². The number of carbonyl (C=O) groups is 1. The molecule has 0 spiro atoms. The van der Waals surface area contributed by atoms with Gasteiger partial charge in [-0.3, -0.25) is 14.9 Å². The molecule has 0 aliphatic carbocycles. The van der Waals surface area contributed by atoms with Gasteiger partial charge in [-0.05, 0) is 24.5 Å². The van der Waals surface area contributed by atoms with E-state index in [0.717, 1.165) is 24.2 Å². The number of carbonyl (C=O) groups excluding carboxylic acids is 1. The van der Waals surface area contributed by atoms with E-state index in [4.69, 9.17) is 16.3 Å². The molecule has 1 saturated heterocycles. The van der Waals surface area contributed by atoms with Gasteiger partial charge in [0.05, 0.1) is 17.5 Å². The molecule has 1 aliphatic heterocycles. The van der Waals surface area contributed by atoms with Crippen molar-refractivity contribution < 1.29 is 9.53 Å². The van der Waals surface area contributed by atoms with Crippen LogP contribution in [0, 0.1) is 0 Å². The average Bonchev–Trinajstić information content (AvgIpc) is 3.18. The summed E-state index contributed by atoms with van der Waals surface area (Å²) in [7, 11) is 0. The van der Waals surface area contributed by atoms with Crippen molar-refractivity contribution in [1.82, 2.24) is 25.5 Å². The van der Waals surface area contributed by atoms with Gasteiger partial charge in [0.15, 0.2) is 5.82 Å². The normalized spacial score (nSPS) is 21.0. The lowest BCUT2D eigenvalue weighted by Gasteiger charge is -2.13.